The first-order valence-electron chi connectivity index (χ1n) is 5.52. The monoisotopic (exact) mass is 230 g/mol. The SMILES string of the molecule is CC(C)(CCCC(C)(C)C(=O)O)CC(=O)O. The number of carboxylic acids is 2. The van der Waals surface area contributed by atoms with E-state index in [1.54, 1.807) is 13.8 Å². The van der Waals surface area contributed by atoms with Gasteiger partial charge in [-0.15, -0.1) is 0 Å². The van der Waals surface area contributed by atoms with Gasteiger partial charge in [-0.05, 0) is 32.1 Å². The van der Waals surface area contributed by atoms with Gasteiger partial charge in [0.25, 0.3) is 0 Å². The van der Waals surface area contributed by atoms with E-state index in [0.29, 0.717) is 6.42 Å². The number of hydrogen-bond donors (Lipinski definition) is 2. The van der Waals surface area contributed by atoms with Crippen molar-refractivity contribution >= 4 is 11.9 Å². The van der Waals surface area contributed by atoms with Crippen LogP contribution >= 0.6 is 0 Å². The summed E-state index contributed by atoms with van der Waals surface area (Å²) in [6.07, 6.45) is 2.17. The molecule has 0 spiro atoms. The lowest BCUT2D eigenvalue weighted by Gasteiger charge is -2.25. The lowest BCUT2D eigenvalue weighted by atomic mass is 9.80. The molecule has 0 aliphatic carbocycles. The smallest absolute Gasteiger partial charge is 0.309 e. The zero-order valence-electron chi connectivity index (χ0n) is 10.5. The highest BCUT2D eigenvalue weighted by Crippen LogP contribution is 2.31. The lowest BCUT2D eigenvalue weighted by Crippen LogP contribution is -2.24. The van der Waals surface area contributed by atoms with Crippen LogP contribution in [-0.2, 0) is 9.59 Å². The Labute approximate surface area is 96.7 Å². The normalized spacial score (nSPS) is 12.5. The average molecular weight is 230 g/mol. The van der Waals surface area contributed by atoms with Gasteiger partial charge in [-0.3, -0.25) is 9.59 Å². The Balaban J connectivity index is 4.07. The Morgan fingerprint density at radius 2 is 1.50 bits per heavy atom. The van der Waals surface area contributed by atoms with Gasteiger partial charge in [0.2, 0.25) is 0 Å². The third kappa shape index (κ3) is 5.73. The molecule has 94 valence electrons. The molecule has 0 unspecified atom stereocenters. The van der Waals surface area contributed by atoms with E-state index in [1.165, 1.54) is 0 Å². The summed E-state index contributed by atoms with van der Waals surface area (Å²) in [7, 11) is 0. The summed E-state index contributed by atoms with van der Waals surface area (Å²) in [6, 6.07) is 0. The van der Waals surface area contributed by atoms with E-state index >= 15 is 0 Å². The van der Waals surface area contributed by atoms with Gasteiger partial charge in [-0.1, -0.05) is 20.3 Å². The minimum atomic E-state index is -0.803. The predicted molar refractivity (Wildman–Crippen MR) is 61.3 cm³/mol. The summed E-state index contributed by atoms with van der Waals surface area (Å²) in [6.45, 7) is 7.18. The molecule has 0 aromatic carbocycles. The van der Waals surface area contributed by atoms with Gasteiger partial charge in [0.05, 0.1) is 11.8 Å². The average Bonchev–Trinajstić information content (AvgIpc) is 1.99. The van der Waals surface area contributed by atoms with Gasteiger partial charge in [0.15, 0.2) is 0 Å². The van der Waals surface area contributed by atoms with Crippen molar-refractivity contribution in [2.45, 2.75) is 53.4 Å². The van der Waals surface area contributed by atoms with E-state index in [9.17, 15) is 9.59 Å². The van der Waals surface area contributed by atoms with E-state index in [-0.39, 0.29) is 11.8 Å². The molecule has 4 heteroatoms. The molecule has 0 fully saturated rings. The van der Waals surface area contributed by atoms with Crippen LogP contribution in [-0.4, -0.2) is 22.2 Å². The molecule has 0 aromatic heterocycles. The summed E-state index contributed by atoms with van der Waals surface area (Å²) < 4.78 is 0. The van der Waals surface area contributed by atoms with Crippen molar-refractivity contribution in [3.63, 3.8) is 0 Å². The Morgan fingerprint density at radius 1 is 1.00 bits per heavy atom. The lowest BCUT2D eigenvalue weighted by molar-refractivity contribution is -0.147. The molecule has 0 radical (unpaired) electrons. The zero-order chi connectivity index (χ0) is 13.0. The molecule has 0 bridgehead atoms. The third-order valence-electron chi connectivity index (χ3n) is 2.86. The Morgan fingerprint density at radius 3 is 1.88 bits per heavy atom. The van der Waals surface area contributed by atoms with Crippen LogP contribution in [0.2, 0.25) is 0 Å². The molecule has 0 atom stereocenters. The van der Waals surface area contributed by atoms with Crippen LogP contribution in [0.25, 0.3) is 0 Å². The highest BCUT2D eigenvalue weighted by molar-refractivity contribution is 5.73. The van der Waals surface area contributed by atoms with Gasteiger partial charge in [-0.25, -0.2) is 0 Å². The molecule has 0 aliphatic rings. The van der Waals surface area contributed by atoms with Crippen molar-refractivity contribution in [1.82, 2.24) is 0 Å². The molecule has 4 nitrogen and oxygen atoms in total. The summed E-state index contributed by atoms with van der Waals surface area (Å²) >= 11 is 0. The maximum atomic E-state index is 10.9. The van der Waals surface area contributed by atoms with E-state index in [1.807, 2.05) is 13.8 Å². The van der Waals surface area contributed by atoms with Crippen LogP contribution in [0.3, 0.4) is 0 Å². The maximum Gasteiger partial charge on any atom is 0.309 e. The number of carbonyl (C=O) groups is 2. The summed E-state index contributed by atoms with van der Waals surface area (Å²) in [5.41, 5.74) is -0.986. The molecule has 0 saturated carbocycles. The van der Waals surface area contributed by atoms with Crippen molar-refractivity contribution < 1.29 is 19.8 Å². The largest absolute Gasteiger partial charge is 0.481 e. The van der Waals surface area contributed by atoms with Crippen molar-refractivity contribution in [2.75, 3.05) is 0 Å². The van der Waals surface area contributed by atoms with Gasteiger partial charge in [-0.2, -0.15) is 0 Å². The molecule has 0 aromatic rings. The molecule has 0 heterocycles. The Hall–Kier alpha value is -1.06. The van der Waals surface area contributed by atoms with E-state index in [0.717, 1.165) is 12.8 Å². The second-order valence-electron chi connectivity index (χ2n) is 5.78. The standard InChI is InChI=1S/C12H22O4/c1-11(2,8-9(13)14)6-5-7-12(3,4)10(15)16/h5-8H2,1-4H3,(H,13,14)(H,15,16). The van der Waals surface area contributed by atoms with Crippen LogP contribution in [0.15, 0.2) is 0 Å². The molecular weight excluding hydrogens is 208 g/mol. The molecule has 0 aliphatic heterocycles. The van der Waals surface area contributed by atoms with Crippen molar-refractivity contribution in [3.8, 4) is 0 Å². The van der Waals surface area contributed by atoms with Crippen LogP contribution in [0, 0.1) is 10.8 Å². The minimum absolute atomic E-state index is 0.125. The first-order chi connectivity index (χ1) is 7.07. The summed E-state index contributed by atoms with van der Waals surface area (Å²) in [4.78, 5) is 21.4. The van der Waals surface area contributed by atoms with Gasteiger partial charge >= 0.3 is 11.9 Å². The van der Waals surface area contributed by atoms with E-state index in [4.69, 9.17) is 10.2 Å². The maximum absolute atomic E-state index is 10.9. The first kappa shape index (κ1) is 14.9. The fraction of sp³-hybridized carbons (Fsp3) is 0.833. The van der Waals surface area contributed by atoms with Gasteiger partial charge in [0, 0.05) is 0 Å². The molecule has 2 N–H and O–H groups in total. The van der Waals surface area contributed by atoms with E-state index in [2.05, 4.69) is 0 Å². The van der Waals surface area contributed by atoms with Gasteiger partial charge < -0.3 is 10.2 Å². The zero-order valence-corrected chi connectivity index (χ0v) is 10.5. The van der Waals surface area contributed by atoms with Crippen LogP contribution in [0.5, 0.6) is 0 Å². The Kier molecular flexibility index (Phi) is 4.97. The van der Waals surface area contributed by atoms with Crippen molar-refractivity contribution in [3.05, 3.63) is 0 Å². The third-order valence-corrected chi connectivity index (χ3v) is 2.86. The molecular formula is C12H22O4. The topological polar surface area (TPSA) is 74.6 Å². The fourth-order valence-corrected chi connectivity index (χ4v) is 1.61. The Bertz CT molecular complexity index is 266. The number of rotatable bonds is 7. The molecule has 0 saturated heterocycles. The van der Waals surface area contributed by atoms with Crippen molar-refractivity contribution in [2.24, 2.45) is 10.8 Å². The van der Waals surface area contributed by atoms with E-state index < -0.39 is 17.4 Å². The highest BCUT2D eigenvalue weighted by Gasteiger charge is 2.28. The molecule has 0 rings (SSSR count). The number of carboxylic acid groups (broad SMARTS) is 2. The fourth-order valence-electron chi connectivity index (χ4n) is 1.61. The van der Waals surface area contributed by atoms with Crippen LogP contribution in [0.4, 0.5) is 0 Å². The summed E-state index contributed by atoms with van der Waals surface area (Å²) in [5.74, 6) is -1.61. The highest BCUT2D eigenvalue weighted by atomic mass is 16.4. The predicted octanol–water partition coefficient (Wildman–Crippen LogP) is 2.77. The second-order valence-corrected chi connectivity index (χ2v) is 5.78. The van der Waals surface area contributed by atoms with Crippen LogP contribution < -0.4 is 0 Å². The second kappa shape index (κ2) is 5.32. The van der Waals surface area contributed by atoms with Crippen molar-refractivity contribution in [1.29, 1.82) is 0 Å². The first-order valence-corrected chi connectivity index (χ1v) is 5.52. The molecule has 16 heavy (non-hydrogen) atoms. The minimum Gasteiger partial charge on any atom is -0.481 e. The number of aliphatic carboxylic acids is 2. The molecule has 0 amide bonds. The summed E-state index contributed by atoms with van der Waals surface area (Å²) in [5, 5.41) is 17.6. The van der Waals surface area contributed by atoms with Crippen LogP contribution in [0.1, 0.15) is 53.4 Å². The van der Waals surface area contributed by atoms with Gasteiger partial charge in [0.1, 0.15) is 0 Å². The number of hydrogen-bond acceptors (Lipinski definition) is 2. The quantitative estimate of drug-likeness (QED) is 0.705.